The Bertz CT molecular complexity index is 546. The molecule has 19 heavy (non-hydrogen) atoms. The maximum absolute atomic E-state index is 11.2. The number of thiophene rings is 1. The van der Waals surface area contributed by atoms with Gasteiger partial charge in [-0.15, -0.1) is 11.3 Å². The van der Waals surface area contributed by atoms with Crippen LogP contribution in [-0.2, 0) is 6.54 Å². The first-order valence-corrected chi connectivity index (χ1v) is 6.85. The Morgan fingerprint density at radius 1 is 1.58 bits per heavy atom. The van der Waals surface area contributed by atoms with Crippen molar-refractivity contribution < 1.29 is 14.6 Å². The molecule has 0 radical (unpaired) electrons. The summed E-state index contributed by atoms with van der Waals surface area (Å²) >= 11 is 1.28. The fourth-order valence-corrected chi connectivity index (χ4v) is 2.56. The number of aromatic nitrogens is 2. The van der Waals surface area contributed by atoms with Gasteiger partial charge in [-0.2, -0.15) is 0 Å². The minimum absolute atomic E-state index is 0.273. The second-order valence-corrected chi connectivity index (χ2v) is 5.53. The molecule has 6 heteroatoms. The van der Waals surface area contributed by atoms with E-state index in [9.17, 15) is 4.79 Å². The Labute approximate surface area is 115 Å². The van der Waals surface area contributed by atoms with Crippen LogP contribution in [0.1, 0.15) is 34.3 Å². The van der Waals surface area contributed by atoms with E-state index in [4.69, 9.17) is 9.84 Å². The summed E-state index contributed by atoms with van der Waals surface area (Å²) in [6.07, 6.45) is 5.24. The standard InChI is InChI=1S/C13H16N2O3S/c1-9(2)11-7-10(12(19-11)13(16)17)18-6-5-15-4-3-14-8-15/h3-4,7-9H,5-6H2,1-2H3,(H,16,17). The minimum Gasteiger partial charge on any atom is -0.490 e. The average Bonchev–Trinajstić information content (AvgIpc) is 2.97. The Morgan fingerprint density at radius 3 is 2.95 bits per heavy atom. The Morgan fingerprint density at radius 2 is 2.37 bits per heavy atom. The molecule has 102 valence electrons. The summed E-state index contributed by atoms with van der Waals surface area (Å²) in [5.41, 5.74) is 0. The third-order valence-electron chi connectivity index (χ3n) is 2.65. The smallest absolute Gasteiger partial charge is 0.349 e. The molecule has 0 saturated heterocycles. The van der Waals surface area contributed by atoms with E-state index < -0.39 is 5.97 Å². The minimum atomic E-state index is -0.936. The molecule has 0 bridgehead atoms. The maximum atomic E-state index is 11.2. The zero-order valence-corrected chi connectivity index (χ0v) is 11.7. The highest BCUT2D eigenvalue weighted by Gasteiger charge is 2.18. The number of hydrogen-bond donors (Lipinski definition) is 1. The van der Waals surface area contributed by atoms with E-state index >= 15 is 0 Å². The highest BCUT2D eigenvalue weighted by molar-refractivity contribution is 7.14. The van der Waals surface area contributed by atoms with Gasteiger partial charge in [-0.3, -0.25) is 0 Å². The van der Waals surface area contributed by atoms with Crippen molar-refractivity contribution in [3.05, 3.63) is 34.5 Å². The molecule has 1 N–H and O–H groups in total. The molecule has 2 rings (SSSR count). The lowest BCUT2D eigenvalue weighted by atomic mass is 10.2. The van der Waals surface area contributed by atoms with E-state index in [-0.39, 0.29) is 4.88 Å². The number of ether oxygens (including phenoxy) is 1. The van der Waals surface area contributed by atoms with E-state index in [0.717, 1.165) is 4.88 Å². The molecule has 0 amide bonds. The highest BCUT2D eigenvalue weighted by atomic mass is 32.1. The molecule has 0 aromatic carbocycles. The van der Waals surface area contributed by atoms with E-state index in [1.54, 1.807) is 12.5 Å². The SMILES string of the molecule is CC(C)c1cc(OCCn2ccnc2)c(C(=O)O)s1. The number of carboxylic acid groups (broad SMARTS) is 1. The summed E-state index contributed by atoms with van der Waals surface area (Å²) in [5.74, 6) is -0.176. The van der Waals surface area contributed by atoms with Crippen LogP contribution >= 0.6 is 11.3 Å². The van der Waals surface area contributed by atoms with Crippen molar-refractivity contribution in [3.8, 4) is 5.75 Å². The Kier molecular flexibility index (Phi) is 4.21. The normalized spacial score (nSPS) is 10.9. The van der Waals surface area contributed by atoms with Crippen molar-refractivity contribution in [2.75, 3.05) is 6.61 Å². The van der Waals surface area contributed by atoms with Crippen LogP contribution < -0.4 is 4.74 Å². The van der Waals surface area contributed by atoms with Gasteiger partial charge in [0.25, 0.3) is 0 Å². The molecule has 0 atom stereocenters. The molecule has 0 aliphatic carbocycles. The Hall–Kier alpha value is -1.82. The van der Waals surface area contributed by atoms with Crippen LogP contribution in [0.25, 0.3) is 0 Å². The van der Waals surface area contributed by atoms with Gasteiger partial charge in [0, 0.05) is 17.3 Å². The van der Waals surface area contributed by atoms with Gasteiger partial charge in [0.2, 0.25) is 0 Å². The molecular formula is C13H16N2O3S. The number of imidazole rings is 1. The first-order valence-electron chi connectivity index (χ1n) is 6.03. The number of carboxylic acids is 1. The quantitative estimate of drug-likeness (QED) is 0.883. The van der Waals surface area contributed by atoms with Gasteiger partial charge in [-0.1, -0.05) is 13.8 Å². The average molecular weight is 280 g/mol. The molecule has 2 aromatic heterocycles. The molecule has 0 fully saturated rings. The third-order valence-corrected chi connectivity index (χ3v) is 4.05. The molecule has 0 aliphatic heterocycles. The van der Waals surface area contributed by atoms with E-state index in [0.29, 0.717) is 24.8 Å². The second-order valence-electron chi connectivity index (χ2n) is 4.45. The van der Waals surface area contributed by atoms with Crippen molar-refractivity contribution >= 4 is 17.3 Å². The predicted octanol–water partition coefficient (Wildman–Crippen LogP) is 2.85. The lowest BCUT2D eigenvalue weighted by molar-refractivity contribution is 0.0698. The Balaban J connectivity index is 2.04. The second kappa shape index (κ2) is 5.88. The summed E-state index contributed by atoms with van der Waals surface area (Å²) in [7, 11) is 0. The van der Waals surface area contributed by atoms with Crippen LogP contribution in [0.15, 0.2) is 24.8 Å². The zero-order valence-electron chi connectivity index (χ0n) is 10.9. The fourth-order valence-electron chi connectivity index (χ4n) is 1.61. The first-order chi connectivity index (χ1) is 9.08. The molecule has 0 saturated carbocycles. The monoisotopic (exact) mass is 280 g/mol. The van der Waals surface area contributed by atoms with Gasteiger partial charge in [0.1, 0.15) is 12.4 Å². The van der Waals surface area contributed by atoms with Crippen molar-refractivity contribution in [2.45, 2.75) is 26.3 Å². The van der Waals surface area contributed by atoms with E-state index in [1.165, 1.54) is 11.3 Å². The lowest BCUT2D eigenvalue weighted by Crippen LogP contribution is -2.07. The number of carbonyl (C=O) groups is 1. The summed E-state index contributed by atoms with van der Waals surface area (Å²) in [6, 6.07) is 1.83. The number of hydrogen-bond acceptors (Lipinski definition) is 4. The van der Waals surface area contributed by atoms with Gasteiger partial charge in [0.05, 0.1) is 12.9 Å². The molecule has 0 unspecified atom stereocenters. The molecule has 2 aromatic rings. The van der Waals surface area contributed by atoms with Crippen LogP contribution in [0.3, 0.4) is 0 Å². The zero-order chi connectivity index (χ0) is 13.8. The molecule has 0 aliphatic rings. The van der Waals surface area contributed by atoms with Gasteiger partial charge in [0.15, 0.2) is 4.88 Å². The number of rotatable bonds is 6. The summed E-state index contributed by atoms with van der Waals surface area (Å²) in [6.45, 7) is 5.14. The van der Waals surface area contributed by atoms with E-state index in [1.807, 2.05) is 30.7 Å². The van der Waals surface area contributed by atoms with Crippen LogP contribution in [0.5, 0.6) is 5.75 Å². The summed E-state index contributed by atoms with van der Waals surface area (Å²) < 4.78 is 7.47. The summed E-state index contributed by atoms with van der Waals surface area (Å²) in [5, 5.41) is 9.16. The molecule has 5 nitrogen and oxygen atoms in total. The molecule has 0 spiro atoms. The van der Waals surface area contributed by atoms with Gasteiger partial charge in [-0.05, 0) is 12.0 Å². The van der Waals surface area contributed by atoms with Crippen LogP contribution in [0.4, 0.5) is 0 Å². The van der Waals surface area contributed by atoms with Gasteiger partial charge in [-0.25, -0.2) is 9.78 Å². The van der Waals surface area contributed by atoms with Crippen molar-refractivity contribution in [1.82, 2.24) is 9.55 Å². The fraction of sp³-hybridized carbons (Fsp3) is 0.385. The van der Waals surface area contributed by atoms with Crippen molar-refractivity contribution in [1.29, 1.82) is 0 Å². The first kappa shape index (κ1) is 13.6. The topological polar surface area (TPSA) is 64.4 Å². The van der Waals surface area contributed by atoms with Gasteiger partial charge >= 0.3 is 5.97 Å². The number of aromatic carboxylic acids is 1. The predicted molar refractivity (Wildman–Crippen MR) is 73.1 cm³/mol. The van der Waals surface area contributed by atoms with Crippen LogP contribution in [-0.4, -0.2) is 27.2 Å². The maximum Gasteiger partial charge on any atom is 0.349 e. The van der Waals surface area contributed by atoms with Crippen LogP contribution in [0, 0.1) is 0 Å². The number of nitrogens with zero attached hydrogens (tertiary/aromatic N) is 2. The van der Waals surface area contributed by atoms with Crippen LogP contribution in [0.2, 0.25) is 0 Å². The highest BCUT2D eigenvalue weighted by Crippen LogP contribution is 2.33. The largest absolute Gasteiger partial charge is 0.490 e. The van der Waals surface area contributed by atoms with E-state index in [2.05, 4.69) is 4.98 Å². The molecular weight excluding hydrogens is 264 g/mol. The lowest BCUT2D eigenvalue weighted by Gasteiger charge is -2.05. The van der Waals surface area contributed by atoms with Crippen molar-refractivity contribution in [2.24, 2.45) is 0 Å². The van der Waals surface area contributed by atoms with Crippen molar-refractivity contribution in [3.63, 3.8) is 0 Å². The third kappa shape index (κ3) is 3.35. The molecule has 2 heterocycles. The van der Waals surface area contributed by atoms with Gasteiger partial charge < -0.3 is 14.4 Å². The summed E-state index contributed by atoms with van der Waals surface area (Å²) in [4.78, 5) is 16.4.